The Kier molecular flexibility index (Phi) is 3.02. The van der Waals surface area contributed by atoms with E-state index >= 15 is 0 Å². The molecule has 0 aliphatic heterocycles. The second-order valence-corrected chi connectivity index (χ2v) is 5.47. The molecule has 4 rings (SSSR count). The number of nitriles is 1. The Bertz CT molecular complexity index is 1090. The first-order valence-corrected chi connectivity index (χ1v) is 7.30. The van der Waals surface area contributed by atoms with E-state index in [2.05, 4.69) is 0 Å². The lowest BCUT2D eigenvalue weighted by molar-refractivity contribution is 0.502. The summed E-state index contributed by atoms with van der Waals surface area (Å²) in [6, 6.07) is 12.6. The van der Waals surface area contributed by atoms with Crippen molar-refractivity contribution in [2.75, 3.05) is 0 Å². The molecule has 1 heterocycles. The van der Waals surface area contributed by atoms with Gasteiger partial charge >= 0.3 is 0 Å². The molecule has 2 aromatic carbocycles. The summed E-state index contributed by atoms with van der Waals surface area (Å²) in [5.41, 5.74) is 2.33. The molecule has 0 atom stereocenters. The summed E-state index contributed by atoms with van der Waals surface area (Å²) in [7, 11) is 0. The van der Waals surface area contributed by atoms with Crippen LogP contribution in [0, 0.1) is 23.0 Å². The van der Waals surface area contributed by atoms with Gasteiger partial charge in [-0.25, -0.2) is 8.78 Å². The van der Waals surface area contributed by atoms with Gasteiger partial charge in [0.1, 0.15) is 17.0 Å². The number of hydrogen-bond acceptors (Lipinski definition) is 2. The monoisotopic (exact) mass is 307 g/mol. The summed E-state index contributed by atoms with van der Waals surface area (Å²) >= 11 is 0. The maximum atomic E-state index is 13.8. The van der Waals surface area contributed by atoms with Crippen molar-refractivity contribution in [2.24, 2.45) is 0 Å². The van der Waals surface area contributed by atoms with Crippen LogP contribution in [-0.4, -0.2) is 0 Å². The van der Waals surface area contributed by atoms with Crippen LogP contribution in [0.5, 0.6) is 0 Å². The fourth-order valence-electron chi connectivity index (χ4n) is 3.11. The van der Waals surface area contributed by atoms with Crippen molar-refractivity contribution in [1.29, 1.82) is 5.26 Å². The minimum absolute atomic E-state index is 0.114. The summed E-state index contributed by atoms with van der Waals surface area (Å²) in [5.74, 6) is -2.19. The van der Waals surface area contributed by atoms with Gasteiger partial charge in [-0.15, -0.1) is 0 Å². The van der Waals surface area contributed by atoms with Crippen molar-refractivity contribution in [3.05, 3.63) is 69.8 Å². The van der Waals surface area contributed by atoms with Gasteiger partial charge in [-0.3, -0.25) is 0 Å². The van der Waals surface area contributed by atoms with Gasteiger partial charge in [0.15, 0.2) is 17.2 Å². The zero-order valence-electron chi connectivity index (χ0n) is 12.1. The second-order valence-electron chi connectivity index (χ2n) is 5.47. The van der Waals surface area contributed by atoms with E-state index in [1.807, 2.05) is 36.4 Å². The van der Waals surface area contributed by atoms with Gasteiger partial charge in [0.05, 0.1) is 0 Å². The normalized spacial score (nSPS) is 13.5. The first-order chi connectivity index (χ1) is 11.2. The fraction of sp³-hybridized carbons (Fsp3) is 0.105. The van der Waals surface area contributed by atoms with E-state index in [0.29, 0.717) is 10.8 Å². The highest BCUT2D eigenvalue weighted by atomic mass is 19.2. The van der Waals surface area contributed by atoms with E-state index in [0.717, 1.165) is 35.3 Å². The summed E-state index contributed by atoms with van der Waals surface area (Å²) < 4.78 is 33.4. The smallest absolute Gasteiger partial charge is 0.180 e. The molecular weight excluding hydrogens is 296 g/mol. The molecule has 3 aromatic rings. The van der Waals surface area contributed by atoms with Gasteiger partial charge in [0.25, 0.3) is 0 Å². The maximum Gasteiger partial charge on any atom is 0.180 e. The lowest BCUT2D eigenvalue weighted by Gasteiger charge is -2.07. The predicted octanol–water partition coefficient (Wildman–Crippen LogP) is 3.36. The Morgan fingerprint density at radius 3 is 2.65 bits per heavy atom. The first kappa shape index (κ1) is 13.7. The number of rotatable bonds is 1. The van der Waals surface area contributed by atoms with E-state index in [1.54, 1.807) is 6.07 Å². The summed E-state index contributed by atoms with van der Waals surface area (Å²) in [4.78, 5) is 0. The van der Waals surface area contributed by atoms with Gasteiger partial charge in [-0.1, -0.05) is 36.4 Å². The Labute approximate surface area is 130 Å². The third-order valence-corrected chi connectivity index (χ3v) is 4.16. The average Bonchev–Trinajstić information content (AvgIpc) is 2.95. The maximum absolute atomic E-state index is 13.8. The molecule has 0 N–H and O–H groups in total. The van der Waals surface area contributed by atoms with E-state index in [1.165, 1.54) is 0 Å². The molecule has 1 aliphatic rings. The predicted molar refractivity (Wildman–Crippen MR) is 82.7 cm³/mol. The summed E-state index contributed by atoms with van der Waals surface area (Å²) in [6.07, 6.45) is 3.52. The van der Waals surface area contributed by atoms with Gasteiger partial charge in [-0.2, -0.15) is 5.26 Å². The quantitative estimate of drug-likeness (QED) is 0.691. The van der Waals surface area contributed by atoms with Crippen LogP contribution in [0.25, 0.3) is 22.6 Å². The van der Waals surface area contributed by atoms with Gasteiger partial charge in [0.2, 0.25) is 0 Å². The van der Waals surface area contributed by atoms with Crippen LogP contribution in [0.3, 0.4) is 0 Å². The number of hydrogen-bond donors (Lipinski definition) is 0. The highest BCUT2D eigenvalue weighted by molar-refractivity contribution is 5.86. The number of halogens is 2. The number of nitrogens with zero attached hydrogens (tertiary/aromatic N) is 1. The third kappa shape index (κ3) is 1.97. The molecule has 2 nitrogen and oxygen atoms in total. The van der Waals surface area contributed by atoms with Crippen LogP contribution >= 0.6 is 0 Å². The zero-order valence-corrected chi connectivity index (χ0v) is 12.1. The van der Waals surface area contributed by atoms with E-state index in [4.69, 9.17) is 9.68 Å². The highest BCUT2D eigenvalue weighted by Gasteiger charge is 2.20. The molecule has 0 saturated heterocycles. The van der Waals surface area contributed by atoms with E-state index in [9.17, 15) is 8.78 Å². The minimum atomic E-state index is -1.16. The number of fused-ring (bicyclic) bond motifs is 3. The van der Waals surface area contributed by atoms with Gasteiger partial charge in [0, 0.05) is 16.2 Å². The highest BCUT2D eigenvalue weighted by Crippen LogP contribution is 2.24. The molecule has 0 fully saturated rings. The fourth-order valence-corrected chi connectivity index (χ4v) is 3.11. The first-order valence-electron chi connectivity index (χ1n) is 7.30. The van der Waals surface area contributed by atoms with Crippen LogP contribution in [0.1, 0.15) is 24.0 Å². The van der Waals surface area contributed by atoms with Crippen molar-refractivity contribution in [1.82, 2.24) is 0 Å². The number of benzene rings is 2. The molecule has 112 valence electrons. The topological polar surface area (TPSA) is 36.9 Å². The van der Waals surface area contributed by atoms with Crippen LogP contribution in [0.2, 0.25) is 0 Å². The molecule has 0 bridgehead atoms. The molecular formula is C19H11F2NO. The largest absolute Gasteiger partial charge is 0.454 e. The van der Waals surface area contributed by atoms with Gasteiger partial charge < -0.3 is 4.42 Å². The Balaban J connectivity index is 2.19. The molecule has 0 unspecified atom stereocenters. The molecule has 0 saturated carbocycles. The van der Waals surface area contributed by atoms with Crippen molar-refractivity contribution in [3.63, 3.8) is 0 Å². The minimum Gasteiger partial charge on any atom is -0.454 e. The summed E-state index contributed by atoms with van der Waals surface area (Å²) in [6.45, 7) is 0. The Hall–Kier alpha value is -2.93. The van der Waals surface area contributed by atoms with Crippen LogP contribution in [-0.2, 0) is 0 Å². The van der Waals surface area contributed by atoms with Crippen LogP contribution in [0.4, 0.5) is 8.78 Å². The number of furan rings is 1. The van der Waals surface area contributed by atoms with Crippen molar-refractivity contribution < 1.29 is 13.2 Å². The Morgan fingerprint density at radius 2 is 1.91 bits per heavy atom. The average molecular weight is 307 g/mol. The SMILES string of the molecule is N#Cc1c(F)c(F)cc2c3c(oc12)=C(c1ccccc1)CCC=3. The van der Waals surface area contributed by atoms with Crippen LogP contribution < -0.4 is 10.6 Å². The van der Waals surface area contributed by atoms with E-state index in [-0.39, 0.29) is 11.1 Å². The standard InChI is InChI=1S/C19H11F2NO/c20-16-9-14-13-8-4-7-12(11-5-2-1-3-6-11)18(13)23-19(14)15(10-22)17(16)21/h1-3,5-6,8-9H,4,7H2. The van der Waals surface area contributed by atoms with Crippen molar-refractivity contribution >= 4 is 22.6 Å². The third-order valence-electron chi connectivity index (χ3n) is 4.16. The molecule has 4 heteroatoms. The molecule has 1 aromatic heterocycles. The molecule has 0 spiro atoms. The zero-order chi connectivity index (χ0) is 16.0. The Morgan fingerprint density at radius 1 is 1.13 bits per heavy atom. The lowest BCUT2D eigenvalue weighted by Crippen LogP contribution is -2.26. The van der Waals surface area contributed by atoms with Crippen LogP contribution in [0.15, 0.2) is 40.8 Å². The molecule has 0 amide bonds. The molecule has 1 aliphatic carbocycles. The molecule has 23 heavy (non-hydrogen) atoms. The second kappa shape index (κ2) is 5.06. The van der Waals surface area contributed by atoms with Gasteiger partial charge in [-0.05, 0) is 24.5 Å². The lowest BCUT2D eigenvalue weighted by atomic mass is 9.96. The van der Waals surface area contributed by atoms with E-state index < -0.39 is 11.6 Å². The summed E-state index contributed by atoms with van der Waals surface area (Å²) in [5, 5.41) is 10.3. The van der Waals surface area contributed by atoms with Crippen molar-refractivity contribution in [2.45, 2.75) is 12.8 Å². The van der Waals surface area contributed by atoms with Crippen molar-refractivity contribution in [3.8, 4) is 6.07 Å². The molecule has 0 radical (unpaired) electrons.